The van der Waals surface area contributed by atoms with Crippen molar-refractivity contribution in [1.82, 2.24) is 29.9 Å². The van der Waals surface area contributed by atoms with E-state index in [1.165, 1.54) is 27.4 Å². The zero-order chi connectivity index (χ0) is 29.7. The minimum atomic E-state index is -1.15. The summed E-state index contributed by atoms with van der Waals surface area (Å²) in [5.41, 5.74) is 1.53. The maximum Gasteiger partial charge on any atom is 0.209 e. The molecule has 5 rings (SSSR count). The van der Waals surface area contributed by atoms with Crippen LogP contribution in [0.2, 0.25) is 0 Å². The zero-order valence-electron chi connectivity index (χ0n) is 23.0. The van der Waals surface area contributed by atoms with Crippen LogP contribution in [0.4, 0.5) is 14.6 Å². The van der Waals surface area contributed by atoms with E-state index in [0.717, 1.165) is 31.1 Å². The molecule has 0 radical (unpaired) electrons. The lowest BCUT2D eigenvalue weighted by molar-refractivity contribution is -0.115. The Morgan fingerprint density at radius 1 is 1.20 bits per heavy atom. The van der Waals surface area contributed by atoms with Gasteiger partial charge in [-0.1, -0.05) is 30.0 Å². The molecule has 0 unspecified atom stereocenters. The second-order valence-electron chi connectivity index (χ2n) is 10.2. The first kappa shape index (κ1) is 31.0. The molecule has 2 saturated carbocycles. The van der Waals surface area contributed by atoms with Gasteiger partial charge in [-0.15, -0.1) is 5.10 Å². The number of anilines is 1. The molecular formula is C26H35F2N7O5S. The number of rotatable bonds is 11. The molecule has 41 heavy (non-hydrogen) atoms. The van der Waals surface area contributed by atoms with Gasteiger partial charge in [0.2, 0.25) is 6.41 Å². The minimum absolute atomic E-state index is 0.00291. The summed E-state index contributed by atoms with van der Waals surface area (Å²) in [6, 6.07) is 3.26. The van der Waals surface area contributed by atoms with Crippen LogP contribution in [0.25, 0.3) is 11.2 Å². The number of ether oxygens (including phenoxy) is 1. The molecule has 15 heteroatoms. The number of aliphatic hydroxyl groups is 3. The number of thioether (sulfide) groups is 1. The average molecular weight is 596 g/mol. The average Bonchev–Trinajstić information content (AvgIpc) is 3.50. The van der Waals surface area contributed by atoms with Gasteiger partial charge in [0.25, 0.3) is 0 Å². The van der Waals surface area contributed by atoms with Gasteiger partial charge in [-0.3, -0.25) is 4.79 Å². The largest absolute Gasteiger partial charge is 0.394 e. The highest BCUT2D eigenvalue weighted by atomic mass is 32.2. The van der Waals surface area contributed by atoms with Gasteiger partial charge in [-0.25, -0.2) is 23.4 Å². The van der Waals surface area contributed by atoms with E-state index >= 15 is 0 Å². The highest BCUT2D eigenvalue weighted by molar-refractivity contribution is 7.99. The number of nitrogens with one attached hydrogen (secondary N) is 1. The van der Waals surface area contributed by atoms with Crippen molar-refractivity contribution in [3.63, 3.8) is 0 Å². The van der Waals surface area contributed by atoms with Crippen molar-refractivity contribution in [3.05, 3.63) is 35.4 Å². The van der Waals surface area contributed by atoms with Crippen molar-refractivity contribution in [2.45, 2.75) is 67.7 Å². The van der Waals surface area contributed by atoms with Crippen molar-refractivity contribution in [1.29, 1.82) is 0 Å². The van der Waals surface area contributed by atoms with Gasteiger partial charge in [-0.05, 0) is 30.5 Å². The van der Waals surface area contributed by atoms with E-state index in [0.29, 0.717) is 27.7 Å². The fraction of sp³-hybridized carbons (Fsp3) is 0.577. The van der Waals surface area contributed by atoms with Gasteiger partial charge in [-0.2, -0.15) is 0 Å². The molecule has 6 atom stereocenters. The quantitative estimate of drug-likeness (QED) is 0.145. The van der Waals surface area contributed by atoms with Crippen LogP contribution >= 0.6 is 11.8 Å². The van der Waals surface area contributed by atoms with Crippen LogP contribution in [-0.4, -0.2) is 109 Å². The first-order valence-electron chi connectivity index (χ1n) is 13.4. The first-order valence-corrected chi connectivity index (χ1v) is 14.3. The second-order valence-corrected chi connectivity index (χ2v) is 11.2. The Hall–Kier alpha value is -2.98. The zero-order valence-corrected chi connectivity index (χ0v) is 23.8. The topological polar surface area (TPSA) is 159 Å². The number of hydrogen-bond donors (Lipinski definition) is 4. The fourth-order valence-electron chi connectivity index (χ4n) is 4.61. The lowest BCUT2D eigenvalue weighted by atomic mass is 10.1. The molecule has 2 heterocycles. The number of halogens is 2. The Kier molecular flexibility index (Phi) is 10.4. The van der Waals surface area contributed by atoms with Crippen LogP contribution in [0.15, 0.2) is 23.4 Å². The van der Waals surface area contributed by atoms with E-state index in [4.69, 9.17) is 9.84 Å². The third-order valence-electron chi connectivity index (χ3n) is 6.77. The number of benzene rings is 1. The van der Waals surface area contributed by atoms with Crippen molar-refractivity contribution >= 4 is 35.2 Å². The van der Waals surface area contributed by atoms with E-state index in [-0.39, 0.29) is 31.6 Å². The Morgan fingerprint density at radius 2 is 1.95 bits per heavy atom. The van der Waals surface area contributed by atoms with Crippen molar-refractivity contribution in [2.24, 2.45) is 0 Å². The Labute approximate surface area is 240 Å². The van der Waals surface area contributed by atoms with Crippen LogP contribution in [0.1, 0.15) is 43.7 Å². The van der Waals surface area contributed by atoms with Crippen molar-refractivity contribution in [3.8, 4) is 0 Å². The van der Waals surface area contributed by atoms with E-state index in [9.17, 15) is 23.8 Å². The molecule has 0 aliphatic heterocycles. The summed E-state index contributed by atoms with van der Waals surface area (Å²) in [5.74, 6) is -0.472. The van der Waals surface area contributed by atoms with Crippen molar-refractivity contribution in [2.75, 3.05) is 38.4 Å². The molecule has 0 spiro atoms. The van der Waals surface area contributed by atoms with Crippen LogP contribution in [0.5, 0.6) is 0 Å². The lowest BCUT2D eigenvalue weighted by Crippen LogP contribution is -2.33. The minimum Gasteiger partial charge on any atom is -0.394 e. The molecule has 2 aliphatic carbocycles. The van der Waals surface area contributed by atoms with E-state index < -0.39 is 36.0 Å². The second kappa shape index (κ2) is 13.8. The number of nitrogens with zero attached hydrogens (tertiary/aromatic N) is 6. The molecule has 2 aromatic heterocycles. The van der Waals surface area contributed by atoms with Gasteiger partial charge >= 0.3 is 0 Å². The van der Waals surface area contributed by atoms with Gasteiger partial charge in [0.15, 0.2) is 33.8 Å². The summed E-state index contributed by atoms with van der Waals surface area (Å²) >= 11 is 1.48. The van der Waals surface area contributed by atoms with Gasteiger partial charge < -0.3 is 30.3 Å². The Balaban J connectivity index is 0.000000714. The smallest absolute Gasteiger partial charge is 0.209 e. The molecular weight excluding hydrogens is 560 g/mol. The predicted molar refractivity (Wildman–Crippen MR) is 148 cm³/mol. The maximum absolute atomic E-state index is 13.7. The number of amides is 1. The lowest BCUT2D eigenvalue weighted by Gasteiger charge is -2.17. The summed E-state index contributed by atoms with van der Waals surface area (Å²) < 4.78 is 34.0. The van der Waals surface area contributed by atoms with E-state index in [2.05, 4.69) is 32.5 Å². The third kappa shape index (κ3) is 7.27. The summed E-state index contributed by atoms with van der Waals surface area (Å²) in [6.45, 7) is 1.91. The normalized spacial score (nSPS) is 25.1. The number of carbonyl (C=O) groups excluding carboxylic acids is 1. The fourth-order valence-corrected chi connectivity index (χ4v) is 5.31. The molecule has 2 aliphatic rings. The maximum atomic E-state index is 13.7. The molecule has 1 aromatic carbocycles. The van der Waals surface area contributed by atoms with Gasteiger partial charge in [0.05, 0.1) is 25.4 Å². The number of hydrogen-bond acceptors (Lipinski definition) is 11. The Morgan fingerprint density at radius 3 is 2.61 bits per heavy atom. The van der Waals surface area contributed by atoms with Crippen LogP contribution in [0, 0.1) is 11.6 Å². The van der Waals surface area contributed by atoms with Crippen molar-refractivity contribution < 1.29 is 33.6 Å². The van der Waals surface area contributed by atoms with E-state index in [1.54, 1.807) is 20.2 Å². The first-order chi connectivity index (χ1) is 19.7. The third-order valence-corrected chi connectivity index (χ3v) is 7.82. The number of fused-ring (bicyclic) bond motifs is 1. The molecule has 1 amide bonds. The van der Waals surface area contributed by atoms with Crippen LogP contribution < -0.4 is 5.32 Å². The molecule has 3 aromatic rings. The molecule has 0 bridgehead atoms. The number of carbonyl (C=O) groups is 1. The predicted octanol–water partition coefficient (Wildman–Crippen LogP) is 1.72. The summed E-state index contributed by atoms with van der Waals surface area (Å²) in [6.07, 6.45) is -0.292. The SMILES string of the molecule is CCCSc1nc(N[C@@H]2C[C@H]2c2ccc(F)c(F)c2)c2nnn([C@@H]3C[C@H](OCCO)[C@@H](O)[C@H]3O)c2n1.CN(C)C=O. The highest BCUT2D eigenvalue weighted by Crippen LogP contribution is 2.44. The standard InChI is InChI=1S/C23H28F2N6O4S.C3H7NO/c1-2-7-36-23-27-21(26-15-9-12(15)11-3-4-13(24)14(25)8-11)18-22(28-23)31(30-29-18)16-10-17(35-6-5-32)20(34)19(16)33;1-4(2)3-5/h3-4,8,12,15-17,19-20,32-34H,2,5-7,9-10H2,1H3,(H,26,27,28);3H,1-2H3/t12-,15+,16+,17-,19-,20+;/m0./s1. The van der Waals surface area contributed by atoms with E-state index in [1.807, 2.05) is 0 Å². The molecule has 2 fully saturated rings. The molecule has 224 valence electrons. The summed E-state index contributed by atoms with van der Waals surface area (Å²) in [5, 5.41) is 42.5. The molecule has 12 nitrogen and oxygen atoms in total. The monoisotopic (exact) mass is 595 g/mol. The van der Waals surface area contributed by atoms with Crippen LogP contribution in [0.3, 0.4) is 0 Å². The van der Waals surface area contributed by atoms with Gasteiger partial charge in [0.1, 0.15) is 12.2 Å². The number of aliphatic hydroxyl groups excluding tert-OH is 3. The Bertz CT molecular complexity index is 1330. The summed E-state index contributed by atoms with van der Waals surface area (Å²) in [7, 11) is 3.38. The molecule has 0 saturated heterocycles. The number of aromatic nitrogens is 5. The van der Waals surface area contributed by atoms with Crippen LogP contribution in [-0.2, 0) is 9.53 Å². The molecule has 4 N–H and O–H groups in total. The van der Waals surface area contributed by atoms with Gasteiger partial charge in [0, 0.05) is 38.2 Å². The highest BCUT2D eigenvalue weighted by Gasteiger charge is 2.45. The summed E-state index contributed by atoms with van der Waals surface area (Å²) in [4.78, 5) is 20.1.